The summed E-state index contributed by atoms with van der Waals surface area (Å²) in [5.74, 6) is -0.814. The molecule has 1 aliphatic heterocycles. The van der Waals surface area contributed by atoms with Gasteiger partial charge in [-0.15, -0.1) is 0 Å². The van der Waals surface area contributed by atoms with Crippen molar-refractivity contribution in [1.29, 1.82) is 0 Å². The van der Waals surface area contributed by atoms with E-state index in [9.17, 15) is 9.59 Å². The average molecular weight is 376 g/mol. The van der Waals surface area contributed by atoms with Crippen molar-refractivity contribution in [2.24, 2.45) is 0 Å². The SMILES string of the molecule is O=C(O)CCC1CCCCN1C(=O)c1cc(I)c[nH]1. The molecule has 1 amide bonds. The summed E-state index contributed by atoms with van der Waals surface area (Å²) < 4.78 is 1.00. The van der Waals surface area contributed by atoms with E-state index in [0.29, 0.717) is 12.1 Å². The molecule has 1 aromatic rings. The number of hydrogen-bond acceptors (Lipinski definition) is 2. The van der Waals surface area contributed by atoms with Crippen LogP contribution in [-0.2, 0) is 4.79 Å². The maximum Gasteiger partial charge on any atom is 0.303 e. The summed E-state index contributed by atoms with van der Waals surface area (Å²) in [6, 6.07) is 1.88. The van der Waals surface area contributed by atoms with Crippen LogP contribution in [-0.4, -0.2) is 39.5 Å². The van der Waals surface area contributed by atoms with Crippen LogP contribution < -0.4 is 0 Å². The predicted octanol–water partition coefficient (Wildman–Crippen LogP) is 2.48. The molecular weight excluding hydrogens is 359 g/mol. The fraction of sp³-hybridized carbons (Fsp3) is 0.538. The molecule has 5 nitrogen and oxygen atoms in total. The maximum atomic E-state index is 12.4. The van der Waals surface area contributed by atoms with Crippen molar-refractivity contribution in [2.75, 3.05) is 6.54 Å². The molecule has 104 valence electrons. The van der Waals surface area contributed by atoms with Crippen molar-refractivity contribution in [3.05, 3.63) is 21.5 Å². The molecule has 0 bridgehead atoms. The van der Waals surface area contributed by atoms with E-state index in [0.717, 1.165) is 29.4 Å². The predicted molar refractivity (Wildman–Crippen MR) is 79.1 cm³/mol. The van der Waals surface area contributed by atoms with E-state index in [1.54, 1.807) is 6.20 Å². The van der Waals surface area contributed by atoms with Crippen LogP contribution in [0.2, 0.25) is 0 Å². The first-order valence-electron chi connectivity index (χ1n) is 6.44. The second-order valence-corrected chi connectivity index (χ2v) is 6.06. The van der Waals surface area contributed by atoms with Gasteiger partial charge in [0.1, 0.15) is 5.69 Å². The summed E-state index contributed by atoms with van der Waals surface area (Å²) in [4.78, 5) is 27.9. The van der Waals surface area contributed by atoms with Crippen LogP contribution in [0.3, 0.4) is 0 Å². The van der Waals surface area contributed by atoms with Crippen molar-refractivity contribution in [2.45, 2.75) is 38.1 Å². The van der Waals surface area contributed by atoms with Gasteiger partial charge < -0.3 is 15.0 Å². The molecule has 1 saturated heterocycles. The zero-order chi connectivity index (χ0) is 13.8. The lowest BCUT2D eigenvalue weighted by atomic mass is 9.97. The van der Waals surface area contributed by atoms with Crippen molar-refractivity contribution < 1.29 is 14.7 Å². The normalized spacial score (nSPS) is 19.4. The smallest absolute Gasteiger partial charge is 0.303 e. The monoisotopic (exact) mass is 376 g/mol. The molecule has 1 atom stereocenters. The van der Waals surface area contributed by atoms with Gasteiger partial charge in [0.25, 0.3) is 5.91 Å². The second kappa shape index (κ2) is 6.40. The van der Waals surface area contributed by atoms with Crippen LogP contribution in [0.15, 0.2) is 12.3 Å². The molecule has 0 aliphatic carbocycles. The van der Waals surface area contributed by atoms with Gasteiger partial charge in [0.05, 0.1) is 0 Å². The summed E-state index contributed by atoms with van der Waals surface area (Å²) in [5, 5.41) is 8.78. The van der Waals surface area contributed by atoms with Crippen molar-refractivity contribution in [3.8, 4) is 0 Å². The largest absolute Gasteiger partial charge is 0.481 e. The van der Waals surface area contributed by atoms with Crippen molar-refractivity contribution in [1.82, 2.24) is 9.88 Å². The number of carbonyl (C=O) groups excluding carboxylic acids is 1. The van der Waals surface area contributed by atoms with Gasteiger partial charge in [-0.25, -0.2) is 0 Å². The van der Waals surface area contributed by atoms with Crippen molar-refractivity contribution in [3.63, 3.8) is 0 Å². The number of nitrogens with zero attached hydrogens (tertiary/aromatic N) is 1. The van der Waals surface area contributed by atoms with Crippen LogP contribution >= 0.6 is 22.6 Å². The Balaban J connectivity index is 2.06. The van der Waals surface area contributed by atoms with E-state index in [2.05, 4.69) is 27.6 Å². The molecule has 0 radical (unpaired) electrons. The third-order valence-electron chi connectivity index (χ3n) is 3.46. The Morgan fingerprint density at radius 3 is 2.89 bits per heavy atom. The molecule has 1 aliphatic rings. The molecule has 1 fully saturated rings. The minimum absolute atomic E-state index is 0.0157. The Morgan fingerprint density at radius 1 is 1.47 bits per heavy atom. The van der Waals surface area contributed by atoms with E-state index >= 15 is 0 Å². The lowest BCUT2D eigenvalue weighted by molar-refractivity contribution is -0.137. The van der Waals surface area contributed by atoms with E-state index < -0.39 is 5.97 Å². The number of aromatic amines is 1. The zero-order valence-corrected chi connectivity index (χ0v) is 12.7. The first-order valence-corrected chi connectivity index (χ1v) is 7.52. The number of aliphatic carboxylic acids is 1. The number of nitrogens with one attached hydrogen (secondary N) is 1. The minimum Gasteiger partial charge on any atom is -0.481 e. The number of amides is 1. The standard InChI is InChI=1S/C13H17IN2O3/c14-9-7-11(15-8-9)13(19)16-6-2-1-3-10(16)4-5-12(17)18/h7-8,10,15H,1-6H2,(H,17,18). The minimum atomic E-state index is -0.799. The van der Waals surface area contributed by atoms with Crippen molar-refractivity contribution >= 4 is 34.5 Å². The number of aromatic nitrogens is 1. The summed E-state index contributed by atoms with van der Waals surface area (Å²) in [5.41, 5.74) is 0.589. The first-order chi connectivity index (χ1) is 9.08. The molecule has 1 aromatic heterocycles. The van der Waals surface area contributed by atoms with Gasteiger partial charge in [0, 0.05) is 28.8 Å². The molecule has 2 rings (SSSR count). The highest BCUT2D eigenvalue weighted by atomic mass is 127. The van der Waals surface area contributed by atoms with Gasteiger partial charge in [0.2, 0.25) is 0 Å². The number of carbonyl (C=O) groups is 2. The van der Waals surface area contributed by atoms with Gasteiger partial charge in [-0.3, -0.25) is 9.59 Å². The summed E-state index contributed by atoms with van der Waals surface area (Å²) in [7, 11) is 0. The average Bonchev–Trinajstić information content (AvgIpc) is 2.82. The number of likely N-dealkylation sites (tertiary alicyclic amines) is 1. The van der Waals surface area contributed by atoms with Gasteiger partial charge in [-0.2, -0.15) is 0 Å². The summed E-state index contributed by atoms with van der Waals surface area (Å²) in [6.07, 6.45) is 5.42. The lowest BCUT2D eigenvalue weighted by Gasteiger charge is -2.35. The number of rotatable bonds is 4. The molecule has 6 heteroatoms. The van der Waals surface area contributed by atoms with E-state index in [-0.39, 0.29) is 18.4 Å². The molecule has 19 heavy (non-hydrogen) atoms. The van der Waals surface area contributed by atoms with Crippen LogP contribution in [0, 0.1) is 3.57 Å². The Kier molecular flexibility index (Phi) is 4.84. The molecule has 2 heterocycles. The number of carboxylic acid groups (broad SMARTS) is 1. The first kappa shape index (κ1) is 14.4. The summed E-state index contributed by atoms with van der Waals surface area (Å²) >= 11 is 2.16. The Morgan fingerprint density at radius 2 is 2.26 bits per heavy atom. The fourth-order valence-corrected chi connectivity index (χ4v) is 2.97. The van der Waals surface area contributed by atoms with E-state index in [4.69, 9.17) is 5.11 Å². The Bertz CT molecular complexity index is 472. The number of carboxylic acids is 1. The molecular formula is C13H17IN2O3. The van der Waals surface area contributed by atoms with E-state index in [1.165, 1.54) is 0 Å². The lowest BCUT2D eigenvalue weighted by Crippen LogP contribution is -2.44. The highest BCUT2D eigenvalue weighted by Crippen LogP contribution is 2.23. The number of hydrogen-bond donors (Lipinski definition) is 2. The third kappa shape index (κ3) is 3.71. The summed E-state index contributed by atoms with van der Waals surface area (Å²) in [6.45, 7) is 0.721. The van der Waals surface area contributed by atoms with Crippen LogP contribution in [0.25, 0.3) is 0 Å². The van der Waals surface area contributed by atoms with Crippen LogP contribution in [0.5, 0.6) is 0 Å². The highest BCUT2D eigenvalue weighted by Gasteiger charge is 2.28. The molecule has 1 unspecified atom stereocenters. The quantitative estimate of drug-likeness (QED) is 0.793. The highest BCUT2D eigenvalue weighted by molar-refractivity contribution is 14.1. The number of H-pyrrole nitrogens is 1. The van der Waals surface area contributed by atoms with Gasteiger partial charge in [-0.1, -0.05) is 0 Å². The Hall–Kier alpha value is -1.05. The molecule has 2 N–H and O–H groups in total. The molecule has 0 saturated carbocycles. The fourth-order valence-electron chi connectivity index (χ4n) is 2.50. The van der Waals surface area contributed by atoms with E-state index in [1.807, 2.05) is 11.0 Å². The topological polar surface area (TPSA) is 73.4 Å². The third-order valence-corrected chi connectivity index (χ3v) is 4.08. The van der Waals surface area contributed by atoms with Crippen LogP contribution in [0.1, 0.15) is 42.6 Å². The Labute approximate surface area is 125 Å². The van der Waals surface area contributed by atoms with Gasteiger partial charge in [-0.05, 0) is 54.3 Å². The van der Waals surface area contributed by atoms with Gasteiger partial charge >= 0.3 is 5.97 Å². The molecule has 0 spiro atoms. The van der Waals surface area contributed by atoms with Crippen LogP contribution in [0.4, 0.5) is 0 Å². The zero-order valence-electron chi connectivity index (χ0n) is 10.6. The second-order valence-electron chi connectivity index (χ2n) is 4.81. The maximum absolute atomic E-state index is 12.4. The number of piperidine rings is 1. The number of halogens is 1. The molecule has 0 aromatic carbocycles. The van der Waals surface area contributed by atoms with Gasteiger partial charge in [0.15, 0.2) is 0 Å².